The van der Waals surface area contributed by atoms with Crippen LogP contribution in [0.2, 0.25) is 0 Å². The minimum Gasteiger partial charge on any atom is -0.324 e. The predicted molar refractivity (Wildman–Crippen MR) is 68.8 cm³/mol. The third kappa shape index (κ3) is 2.60. The lowest BCUT2D eigenvalue weighted by atomic mass is 9.99. The standard InChI is InChI=1S/C12H14N6O/c19-12(5-9-6-13-7-9)15-10-3-1-2-4-11(10)18-8-14-16-17-18/h1-4,8-9,13H,5-7H2,(H,15,19). The van der Waals surface area contributed by atoms with Gasteiger partial charge in [-0.3, -0.25) is 4.79 Å². The van der Waals surface area contributed by atoms with Gasteiger partial charge in [-0.05, 0) is 41.6 Å². The van der Waals surface area contributed by atoms with Crippen molar-refractivity contribution in [3.05, 3.63) is 30.6 Å². The van der Waals surface area contributed by atoms with Crippen molar-refractivity contribution in [2.24, 2.45) is 5.92 Å². The number of nitrogens with one attached hydrogen (secondary N) is 2. The second-order valence-corrected chi connectivity index (χ2v) is 4.55. The zero-order chi connectivity index (χ0) is 13.1. The molecule has 2 heterocycles. The highest BCUT2D eigenvalue weighted by molar-refractivity contribution is 5.93. The molecule has 0 bridgehead atoms. The molecule has 0 aliphatic carbocycles. The second-order valence-electron chi connectivity index (χ2n) is 4.55. The highest BCUT2D eigenvalue weighted by Crippen LogP contribution is 2.19. The van der Waals surface area contributed by atoms with Crippen LogP contribution in [0.4, 0.5) is 5.69 Å². The highest BCUT2D eigenvalue weighted by atomic mass is 16.1. The molecule has 1 aliphatic rings. The van der Waals surface area contributed by atoms with E-state index in [0.717, 1.165) is 18.8 Å². The predicted octanol–water partition coefficient (Wildman–Crippen LogP) is 0.210. The minimum atomic E-state index is 0.0204. The fraction of sp³-hybridized carbons (Fsp3) is 0.333. The monoisotopic (exact) mass is 258 g/mol. The Kier molecular flexibility index (Phi) is 3.20. The van der Waals surface area contributed by atoms with Gasteiger partial charge in [0.05, 0.1) is 11.4 Å². The van der Waals surface area contributed by atoms with E-state index in [-0.39, 0.29) is 5.91 Å². The first-order valence-electron chi connectivity index (χ1n) is 6.16. The van der Waals surface area contributed by atoms with Gasteiger partial charge in [0, 0.05) is 6.42 Å². The third-order valence-corrected chi connectivity index (χ3v) is 3.11. The van der Waals surface area contributed by atoms with Crippen LogP contribution in [-0.2, 0) is 4.79 Å². The van der Waals surface area contributed by atoms with E-state index in [1.165, 1.54) is 11.0 Å². The molecule has 1 fully saturated rings. The molecule has 2 aromatic rings. The molecular weight excluding hydrogens is 244 g/mol. The lowest BCUT2D eigenvalue weighted by Crippen LogP contribution is -2.43. The smallest absolute Gasteiger partial charge is 0.224 e. The number of carbonyl (C=O) groups is 1. The summed E-state index contributed by atoms with van der Waals surface area (Å²) in [4.78, 5) is 11.9. The Hall–Kier alpha value is -2.28. The van der Waals surface area contributed by atoms with Crippen molar-refractivity contribution in [2.45, 2.75) is 6.42 Å². The molecule has 1 aliphatic heterocycles. The van der Waals surface area contributed by atoms with Crippen molar-refractivity contribution in [3.8, 4) is 5.69 Å². The van der Waals surface area contributed by atoms with E-state index in [1.54, 1.807) is 0 Å². The van der Waals surface area contributed by atoms with E-state index in [9.17, 15) is 4.79 Å². The van der Waals surface area contributed by atoms with Gasteiger partial charge in [0.15, 0.2) is 0 Å². The SMILES string of the molecule is O=C(CC1CNC1)Nc1ccccc1-n1cnnn1. The van der Waals surface area contributed by atoms with E-state index < -0.39 is 0 Å². The topological polar surface area (TPSA) is 84.7 Å². The summed E-state index contributed by atoms with van der Waals surface area (Å²) >= 11 is 0. The molecular formula is C12H14N6O. The summed E-state index contributed by atoms with van der Waals surface area (Å²) < 4.78 is 1.53. The van der Waals surface area contributed by atoms with Crippen LogP contribution in [0.5, 0.6) is 0 Å². The average molecular weight is 258 g/mol. The number of hydrogen-bond donors (Lipinski definition) is 2. The Morgan fingerprint density at radius 2 is 2.26 bits per heavy atom. The van der Waals surface area contributed by atoms with Crippen LogP contribution in [0.1, 0.15) is 6.42 Å². The van der Waals surface area contributed by atoms with Crippen molar-refractivity contribution in [3.63, 3.8) is 0 Å². The number of carbonyl (C=O) groups excluding carboxylic acids is 1. The summed E-state index contributed by atoms with van der Waals surface area (Å²) in [7, 11) is 0. The van der Waals surface area contributed by atoms with Crippen LogP contribution in [0.15, 0.2) is 30.6 Å². The number of hydrogen-bond acceptors (Lipinski definition) is 5. The largest absolute Gasteiger partial charge is 0.324 e. The third-order valence-electron chi connectivity index (χ3n) is 3.11. The van der Waals surface area contributed by atoms with Crippen molar-refractivity contribution in [2.75, 3.05) is 18.4 Å². The molecule has 0 spiro atoms. The first-order chi connectivity index (χ1) is 9.33. The number of aromatic nitrogens is 4. The lowest BCUT2D eigenvalue weighted by Gasteiger charge is -2.26. The van der Waals surface area contributed by atoms with Gasteiger partial charge in [-0.2, -0.15) is 4.68 Å². The maximum atomic E-state index is 11.9. The quantitative estimate of drug-likeness (QED) is 0.819. The number of anilines is 1. The van der Waals surface area contributed by atoms with E-state index in [4.69, 9.17) is 0 Å². The van der Waals surface area contributed by atoms with Crippen molar-refractivity contribution in [1.29, 1.82) is 0 Å². The van der Waals surface area contributed by atoms with Gasteiger partial charge in [-0.25, -0.2) is 0 Å². The Morgan fingerprint density at radius 3 is 2.95 bits per heavy atom. The zero-order valence-electron chi connectivity index (χ0n) is 10.3. The average Bonchev–Trinajstić information content (AvgIpc) is 2.88. The minimum absolute atomic E-state index is 0.0204. The Balaban J connectivity index is 1.75. The molecule has 1 aromatic carbocycles. The summed E-state index contributed by atoms with van der Waals surface area (Å²) in [6.07, 6.45) is 2.04. The molecule has 1 saturated heterocycles. The first kappa shape index (κ1) is 11.8. The van der Waals surface area contributed by atoms with Crippen molar-refractivity contribution in [1.82, 2.24) is 25.5 Å². The van der Waals surface area contributed by atoms with E-state index in [2.05, 4.69) is 26.2 Å². The lowest BCUT2D eigenvalue weighted by molar-refractivity contribution is -0.117. The number of tetrazole rings is 1. The Labute approximate surface area is 110 Å². The number of rotatable bonds is 4. The highest BCUT2D eigenvalue weighted by Gasteiger charge is 2.20. The van der Waals surface area contributed by atoms with Gasteiger partial charge < -0.3 is 10.6 Å². The van der Waals surface area contributed by atoms with Crippen LogP contribution in [0.25, 0.3) is 5.69 Å². The molecule has 3 rings (SSSR count). The normalized spacial score (nSPS) is 14.9. The number of benzene rings is 1. The van der Waals surface area contributed by atoms with Gasteiger partial charge >= 0.3 is 0 Å². The maximum absolute atomic E-state index is 11.9. The zero-order valence-corrected chi connectivity index (χ0v) is 10.3. The van der Waals surface area contributed by atoms with E-state index in [1.807, 2.05) is 24.3 Å². The summed E-state index contributed by atoms with van der Waals surface area (Å²) in [6.45, 7) is 1.84. The molecule has 2 N–H and O–H groups in total. The van der Waals surface area contributed by atoms with Crippen molar-refractivity contribution < 1.29 is 4.79 Å². The summed E-state index contributed by atoms with van der Waals surface area (Å²) in [5, 5.41) is 17.1. The van der Waals surface area contributed by atoms with Crippen molar-refractivity contribution >= 4 is 11.6 Å². The first-order valence-corrected chi connectivity index (χ1v) is 6.16. The molecule has 1 aromatic heterocycles. The van der Waals surface area contributed by atoms with E-state index >= 15 is 0 Å². The van der Waals surface area contributed by atoms with Crippen LogP contribution in [-0.4, -0.2) is 39.2 Å². The molecule has 7 heteroatoms. The number of nitrogens with zero attached hydrogens (tertiary/aromatic N) is 4. The van der Waals surface area contributed by atoms with Gasteiger partial charge in [-0.1, -0.05) is 12.1 Å². The van der Waals surface area contributed by atoms with Crippen LogP contribution in [0.3, 0.4) is 0 Å². The molecule has 0 unspecified atom stereocenters. The van der Waals surface area contributed by atoms with Gasteiger partial charge in [0.25, 0.3) is 0 Å². The van der Waals surface area contributed by atoms with Crippen LogP contribution < -0.4 is 10.6 Å². The molecule has 19 heavy (non-hydrogen) atoms. The number of amides is 1. The Bertz CT molecular complexity index is 563. The molecule has 0 saturated carbocycles. The molecule has 98 valence electrons. The summed E-state index contributed by atoms with van der Waals surface area (Å²) in [6, 6.07) is 7.45. The van der Waals surface area contributed by atoms with Crippen LogP contribution >= 0.6 is 0 Å². The molecule has 0 atom stereocenters. The fourth-order valence-electron chi connectivity index (χ4n) is 2.01. The molecule has 0 radical (unpaired) electrons. The molecule has 1 amide bonds. The Morgan fingerprint density at radius 1 is 1.42 bits per heavy atom. The van der Waals surface area contributed by atoms with E-state index in [0.29, 0.717) is 18.0 Å². The van der Waals surface area contributed by atoms with Gasteiger partial charge in [0.1, 0.15) is 6.33 Å². The van der Waals surface area contributed by atoms with Crippen LogP contribution in [0, 0.1) is 5.92 Å². The fourth-order valence-corrected chi connectivity index (χ4v) is 2.01. The molecule has 7 nitrogen and oxygen atoms in total. The summed E-state index contributed by atoms with van der Waals surface area (Å²) in [5.74, 6) is 0.465. The second kappa shape index (κ2) is 5.15. The number of para-hydroxylation sites is 2. The maximum Gasteiger partial charge on any atom is 0.224 e. The van der Waals surface area contributed by atoms with Gasteiger partial charge in [-0.15, -0.1) is 5.10 Å². The van der Waals surface area contributed by atoms with Gasteiger partial charge in [0.2, 0.25) is 5.91 Å². The summed E-state index contributed by atoms with van der Waals surface area (Å²) in [5.41, 5.74) is 1.47.